The van der Waals surface area contributed by atoms with Gasteiger partial charge >= 0.3 is 5.97 Å². The van der Waals surface area contributed by atoms with Gasteiger partial charge in [-0.2, -0.15) is 0 Å². The lowest BCUT2D eigenvalue weighted by atomic mass is 9.57. The van der Waals surface area contributed by atoms with Crippen LogP contribution in [0.15, 0.2) is 22.7 Å². The van der Waals surface area contributed by atoms with E-state index in [2.05, 4.69) is 15.9 Å². The van der Waals surface area contributed by atoms with Crippen molar-refractivity contribution < 1.29 is 9.53 Å². The maximum Gasteiger partial charge on any atom is 0.338 e. The fourth-order valence-corrected chi connectivity index (χ4v) is 4.25. The summed E-state index contributed by atoms with van der Waals surface area (Å²) in [5, 5.41) is 0.319. The number of benzene rings is 3. The Morgan fingerprint density at radius 2 is 1.22 bits per heavy atom. The van der Waals surface area contributed by atoms with Crippen LogP contribution in [0.4, 0.5) is 0 Å². The summed E-state index contributed by atoms with van der Waals surface area (Å²) in [5.41, 5.74) is 1.72. The highest BCUT2D eigenvalue weighted by Crippen LogP contribution is 2.32. The van der Waals surface area contributed by atoms with E-state index >= 15 is 0 Å². The molecule has 0 aliphatic heterocycles. The zero-order valence-electron chi connectivity index (χ0n) is 16.9. The molecule has 0 unspecified atom stereocenters. The summed E-state index contributed by atoms with van der Waals surface area (Å²) in [7, 11) is 50.8. The largest absolute Gasteiger partial charge is 0.465 e. The molecule has 3 rings (SSSR count). The molecule has 0 fully saturated rings. The van der Waals surface area contributed by atoms with Crippen molar-refractivity contribution in [3.8, 4) is 22.3 Å². The normalized spacial score (nSPS) is 10.8. The maximum absolute atomic E-state index is 12.4. The van der Waals surface area contributed by atoms with E-state index in [4.69, 9.17) is 79.1 Å². The Labute approximate surface area is 211 Å². The summed E-state index contributed by atoms with van der Waals surface area (Å²) in [6, 6.07) is 4.63. The second-order valence-corrected chi connectivity index (χ2v) is 8.16. The monoisotopic (exact) mass is 480 g/mol. The maximum atomic E-state index is 12.4. The summed E-state index contributed by atoms with van der Waals surface area (Å²) >= 11 is 9.52. The highest BCUT2D eigenvalue weighted by molar-refractivity contribution is 9.10. The first-order valence-electron chi connectivity index (χ1n) is 8.99. The van der Waals surface area contributed by atoms with Crippen LogP contribution >= 0.6 is 27.5 Å². The Kier molecular flexibility index (Phi) is 7.32. The summed E-state index contributed by atoms with van der Waals surface area (Å²) in [6.45, 7) is 0. The number of hydrogen-bond acceptors (Lipinski definition) is 2. The van der Waals surface area contributed by atoms with E-state index in [1.54, 1.807) is 12.1 Å². The van der Waals surface area contributed by atoms with Crippen LogP contribution < -0.4 is 43.7 Å². The third kappa shape index (κ3) is 3.96. The van der Waals surface area contributed by atoms with E-state index in [-0.39, 0.29) is 60.4 Å². The number of carbonyl (C=O) groups excluding carboxylic acids is 1. The van der Waals surface area contributed by atoms with Crippen LogP contribution in [0.2, 0.25) is 5.02 Å². The van der Waals surface area contributed by atoms with E-state index in [0.717, 1.165) is 0 Å². The molecule has 0 atom stereocenters. The molecule has 0 N–H and O–H groups in total. The highest BCUT2D eigenvalue weighted by Gasteiger charge is 2.24. The molecular weight excluding hydrogens is 474 g/mol. The third-order valence-electron chi connectivity index (χ3n) is 5.16. The molecule has 0 aliphatic rings. The molecule has 0 saturated heterocycles. The number of methoxy groups -OCH3 is 1. The summed E-state index contributed by atoms with van der Waals surface area (Å²) < 4.78 is 5.23. The van der Waals surface area contributed by atoms with Gasteiger partial charge in [-0.05, 0) is 34.4 Å². The molecule has 3 aromatic rings. The number of rotatable bonds is 3. The molecule has 12 heteroatoms. The van der Waals surface area contributed by atoms with Gasteiger partial charge in [0, 0.05) is 9.50 Å². The Morgan fingerprint density at radius 3 is 1.75 bits per heavy atom. The lowest BCUT2D eigenvalue weighted by Gasteiger charge is -2.28. The fourth-order valence-electron chi connectivity index (χ4n) is 3.44. The van der Waals surface area contributed by atoms with Crippen molar-refractivity contribution in [3.63, 3.8) is 0 Å². The summed E-state index contributed by atoms with van der Waals surface area (Å²) in [4.78, 5) is 12.4. The molecule has 0 saturated carbocycles. The van der Waals surface area contributed by atoms with Crippen molar-refractivity contribution in [1.82, 2.24) is 0 Å². The van der Waals surface area contributed by atoms with Crippen LogP contribution in [0.1, 0.15) is 10.4 Å². The van der Waals surface area contributed by atoms with Crippen LogP contribution in [0.25, 0.3) is 22.3 Å². The van der Waals surface area contributed by atoms with Crippen molar-refractivity contribution >= 4 is 140 Å². The zero-order valence-corrected chi connectivity index (χ0v) is 19.3. The zero-order chi connectivity index (χ0) is 24.1. The first kappa shape index (κ1) is 25.1. The van der Waals surface area contributed by atoms with E-state index in [1.807, 2.05) is 0 Å². The second-order valence-electron chi connectivity index (χ2n) is 6.93. The minimum absolute atomic E-state index is 0.0234. The lowest BCUT2D eigenvalue weighted by molar-refractivity contribution is 0.0601. The van der Waals surface area contributed by atoms with Gasteiger partial charge in [-0.15, -0.1) is 16.4 Å². The molecule has 0 aliphatic carbocycles. The molecule has 3 aromatic carbocycles. The van der Waals surface area contributed by atoms with Crippen molar-refractivity contribution in [2.24, 2.45) is 0 Å². The second kappa shape index (κ2) is 9.35. The molecule has 0 aromatic heterocycles. The van der Waals surface area contributed by atoms with Crippen LogP contribution in [-0.2, 0) is 4.74 Å². The fraction of sp³-hybridized carbons (Fsp3) is 0.0500. The van der Waals surface area contributed by atoms with Gasteiger partial charge < -0.3 is 4.74 Å². The minimum atomic E-state index is -0.634. The standard InChI is InChI=1S/C20H6B8BrClO2/c1-32-20(31)7-4-5(30)2-3-6(7)8-11(21)9(14(24)18(28)19(8)29)10-12(22)15(25)17(27)16(26)13(10)23/h2-4H,1H3. The Bertz CT molecular complexity index is 1270. The van der Waals surface area contributed by atoms with Crippen molar-refractivity contribution in [1.29, 1.82) is 0 Å². The molecule has 2 nitrogen and oxygen atoms in total. The minimum Gasteiger partial charge on any atom is -0.465 e. The SMILES string of the molecule is [B]c1c([B])c([B])c(-c2c([B])c([B])c(Br)c(-c3ccc(Cl)cc3C(=O)OC)c2[B])c([B])c1[B]. The molecule has 16 radical (unpaired) electrons. The van der Waals surface area contributed by atoms with Gasteiger partial charge in [0.15, 0.2) is 0 Å². The van der Waals surface area contributed by atoms with Gasteiger partial charge in [0.2, 0.25) is 0 Å². The predicted molar refractivity (Wildman–Crippen MR) is 144 cm³/mol. The first-order chi connectivity index (χ1) is 14.9. The Balaban J connectivity index is 2.52. The van der Waals surface area contributed by atoms with Crippen molar-refractivity contribution in [2.75, 3.05) is 7.11 Å². The number of hydrogen-bond donors (Lipinski definition) is 0. The summed E-state index contributed by atoms with van der Waals surface area (Å²) in [6.07, 6.45) is 0. The van der Waals surface area contributed by atoms with Gasteiger partial charge in [-0.25, -0.2) is 4.79 Å². The third-order valence-corrected chi connectivity index (χ3v) is 6.22. The average Bonchev–Trinajstić information content (AvgIpc) is 2.77. The van der Waals surface area contributed by atoms with Crippen molar-refractivity contribution in [3.05, 3.63) is 33.3 Å². The van der Waals surface area contributed by atoms with Crippen LogP contribution in [0.3, 0.4) is 0 Å². The molecule has 0 spiro atoms. The molecule has 136 valence electrons. The lowest BCUT2D eigenvalue weighted by Crippen LogP contribution is -2.56. The van der Waals surface area contributed by atoms with E-state index in [9.17, 15) is 4.79 Å². The van der Waals surface area contributed by atoms with Crippen molar-refractivity contribution in [2.45, 2.75) is 0 Å². The molecule has 0 heterocycles. The molecular formula is C20H6B8BrClO2. The number of esters is 1. The topological polar surface area (TPSA) is 26.3 Å². The number of ether oxygens (including phenoxy) is 1. The Morgan fingerprint density at radius 1 is 0.750 bits per heavy atom. The van der Waals surface area contributed by atoms with Gasteiger partial charge in [0.05, 0.1) is 12.7 Å². The summed E-state index contributed by atoms with van der Waals surface area (Å²) in [5.74, 6) is -0.634. The smallest absolute Gasteiger partial charge is 0.338 e. The van der Waals surface area contributed by atoms with Gasteiger partial charge in [0.1, 0.15) is 62.8 Å². The molecule has 32 heavy (non-hydrogen) atoms. The number of carbonyl (C=O) groups is 1. The first-order valence-corrected chi connectivity index (χ1v) is 10.2. The van der Waals surface area contributed by atoms with E-state index < -0.39 is 5.97 Å². The Hall–Kier alpha value is -1.58. The highest BCUT2D eigenvalue weighted by atomic mass is 79.9. The van der Waals surface area contributed by atoms with Crippen LogP contribution in [0.5, 0.6) is 0 Å². The predicted octanol–water partition coefficient (Wildman–Crippen LogP) is -3.43. The van der Waals surface area contributed by atoms with Gasteiger partial charge in [-0.3, -0.25) is 0 Å². The molecule has 0 bridgehead atoms. The number of halogens is 2. The van der Waals surface area contributed by atoms with Gasteiger partial charge in [-0.1, -0.05) is 60.9 Å². The van der Waals surface area contributed by atoms with Crippen LogP contribution in [-0.4, -0.2) is 75.8 Å². The van der Waals surface area contributed by atoms with Crippen LogP contribution in [0, 0.1) is 0 Å². The van der Waals surface area contributed by atoms with E-state index in [0.29, 0.717) is 20.6 Å². The van der Waals surface area contributed by atoms with E-state index in [1.165, 1.54) is 13.2 Å². The average molecular weight is 480 g/mol. The molecule has 0 amide bonds. The quantitative estimate of drug-likeness (QED) is 0.289. The van der Waals surface area contributed by atoms with Gasteiger partial charge in [0.25, 0.3) is 0 Å².